The van der Waals surface area contributed by atoms with Crippen molar-refractivity contribution in [3.63, 3.8) is 0 Å². The first-order valence-electron chi connectivity index (χ1n) is 6.99. The molecule has 2 aromatic carbocycles. The van der Waals surface area contributed by atoms with Gasteiger partial charge in [-0.15, -0.1) is 0 Å². The van der Waals surface area contributed by atoms with Crippen LogP contribution in [0.3, 0.4) is 0 Å². The molecular weight excluding hydrogens is 289 g/mol. The van der Waals surface area contributed by atoms with Gasteiger partial charge in [0.1, 0.15) is 0 Å². The fraction of sp³-hybridized carbons (Fsp3) is 0.294. The molecule has 0 radical (unpaired) electrons. The molecular formula is C17H17Cl2N. The van der Waals surface area contributed by atoms with E-state index in [9.17, 15) is 0 Å². The summed E-state index contributed by atoms with van der Waals surface area (Å²) in [6.07, 6.45) is 3.61. The first-order valence-corrected chi connectivity index (χ1v) is 7.75. The van der Waals surface area contributed by atoms with Crippen LogP contribution in [-0.2, 0) is 13.0 Å². The number of benzene rings is 2. The molecule has 2 aromatic rings. The van der Waals surface area contributed by atoms with E-state index in [0.29, 0.717) is 11.1 Å². The zero-order valence-electron chi connectivity index (χ0n) is 11.2. The van der Waals surface area contributed by atoms with Crippen molar-refractivity contribution in [2.45, 2.75) is 31.8 Å². The van der Waals surface area contributed by atoms with Crippen LogP contribution in [0.1, 0.15) is 35.6 Å². The monoisotopic (exact) mass is 305 g/mol. The third-order valence-corrected chi connectivity index (χ3v) is 4.51. The fourth-order valence-electron chi connectivity index (χ4n) is 2.86. The Morgan fingerprint density at radius 1 is 1.10 bits per heavy atom. The van der Waals surface area contributed by atoms with Crippen molar-refractivity contribution in [3.05, 3.63) is 69.2 Å². The van der Waals surface area contributed by atoms with Crippen LogP contribution >= 0.6 is 23.2 Å². The van der Waals surface area contributed by atoms with E-state index in [-0.39, 0.29) is 0 Å². The minimum absolute atomic E-state index is 0.423. The van der Waals surface area contributed by atoms with Gasteiger partial charge >= 0.3 is 0 Å². The van der Waals surface area contributed by atoms with Gasteiger partial charge in [-0.3, -0.25) is 0 Å². The molecule has 20 heavy (non-hydrogen) atoms. The Kier molecular flexibility index (Phi) is 4.30. The Balaban J connectivity index is 1.73. The lowest BCUT2D eigenvalue weighted by Crippen LogP contribution is -2.24. The lowest BCUT2D eigenvalue weighted by Gasteiger charge is -2.26. The van der Waals surface area contributed by atoms with Gasteiger partial charge in [0.15, 0.2) is 0 Å². The van der Waals surface area contributed by atoms with E-state index in [1.165, 1.54) is 30.4 Å². The van der Waals surface area contributed by atoms with E-state index >= 15 is 0 Å². The lowest BCUT2D eigenvalue weighted by molar-refractivity contribution is 0.459. The Morgan fingerprint density at radius 3 is 2.80 bits per heavy atom. The molecule has 3 rings (SSSR count). The summed E-state index contributed by atoms with van der Waals surface area (Å²) < 4.78 is 0. The summed E-state index contributed by atoms with van der Waals surface area (Å²) in [7, 11) is 0. The van der Waals surface area contributed by atoms with Gasteiger partial charge in [-0.25, -0.2) is 0 Å². The van der Waals surface area contributed by atoms with Crippen molar-refractivity contribution in [1.82, 2.24) is 5.32 Å². The van der Waals surface area contributed by atoms with Crippen molar-refractivity contribution >= 4 is 23.2 Å². The average molecular weight is 306 g/mol. The molecule has 1 unspecified atom stereocenters. The maximum absolute atomic E-state index is 6.22. The van der Waals surface area contributed by atoms with Gasteiger partial charge in [0.2, 0.25) is 0 Å². The van der Waals surface area contributed by atoms with Crippen LogP contribution in [0.2, 0.25) is 10.0 Å². The van der Waals surface area contributed by atoms with E-state index in [1.807, 2.05) is 12.1 Å². The van der Waals surface area contributed by atoms with E-state index in [4.69, 9.17) is 23.2 Å². The number of nitrogens with one attached hydrogen (secondary N) is 1. The largest absolute Gasteiger partial charge is 0.306 e. The molecule has 3 heteroatoms. The molecule has 0 heterocycles. The molecule has 1 N–H and O–H groups in total. The Morgan fingerprint density at radius 2 is 1.95 bits per heavy atom. The molecule has 0 bridgehead atoms. The highest BCUT2D eigenvalue weighted by molar-refractivity contribution is 6.35. The van der Waals surface area contributed by atoms with Crippen molar-refractivity contribution < 1.29 is 0 Å². The van der Waals surface area contributed by atoms with Gasteiger partial charge in [-0.2, -0.15) is 0 Å². The second-order valence-electron chi connectivity index (χ2n) is 5.26. The third kappa shape index (κ3) is 3.01. The predicted octanol–water partition coefficient (Wildman–Crippen LogP) is 5.16. The molecule has 0 fully saturated rings. The second kappa shape index (κ2) is 6.17. The summed E-state index contributed by atoms with van der Waals surface area (Å²) in [4.78, 5) is 0. The number of aryl methyl sites for hydroxylation is 1. The summed E-state index contributed by atoms with van der Waals surface area (Å²) >= 11 is 12.2. The first-order chi connectivity index (χ1) is 9.74. The number of halogens is 2. The van der Waals surface area contributed by atoms with Gasteiger partial charge in [-0.05, 0) is 48.1 Å². The normalized spacial score (nSPS) is 17.8. The minimum atomic E-state index is 0.423. The lowest BCUT2D eigenvalue weighted by atomic mass is 9.87. The number of fused-ring (bicyclic) bond motifs is 1. The summed E-state index contributed by atoms with van der Waals surface area (Å²) in [5.74, 6) is 0. The molecule has 0 amide bonds. The number of rotatable bonds is 3. The number of hydrogen-bond acceptors (Lipinski definition) is 1. The highest BCUT2D eigenvalue weighted by atomic mass is 35.5. The van der Waals surface area contributed by atoms with Crippen molar-refractivity contribution in [3.8, 4) is 0 Å². The molecule has 0 aromatic heterocycles. The molecule has 0 aliphatic heterocycles. The summed E-state index contributed by atoms with van der Waals surface area (Å²) in [6, 6.07) is 14.8. The van der Waals surface area contributed by atoms with Gasteiger partial charge in [0.25, 0.3) is 0 Å². The fourth-order valence-corrected chi connectivity index (χ4v) is 3.34. The smallest absolute Gasteiger partial charge is 0.0465 e. The molecule has 104 valence electrons. The Labute approximate surface area is 129 Å². The van der Waals surface area contributed by atoms with Gasteiger partial charge in [-0.1, -0.05) is 53.5 Å². The summed E-state index contributed by atoms with van der Waals surface area (Å²) in [5.41, 5.74) is 4.00. The molecule has 1 aliphatic carbocycles. The van der Waals surface area contributed by atoms with E-state index in [2.05, 4.69) is 29.6 Å². The summed E-state index contributed by atoms with van der Waals surface area (Å²) in [5, 5.41) is 5.04. The standard InChI is InChI=1S/C17H17Cl2N/c18-14-9-8-13(16(19)10-14)11-20-17-7-3-5-12-4-1-2-6-15(12)17/h1-2,4,6,8-10,17,20H,3,5,7,11H2. The Hall–Kier alpha value is -1.02. The van der Waals surface area contributed by atoms with Crippen molar-refractivity contribution in [1.29, 1.82) is 0 Å². The van der Waals surface area contributed by atoms with Crippen molar-refractivity contribution in [2.75, 3.05) is 0 Å². The minimum Gasteiger partial charge on any atom is -0.306 e. The highest BCUT2D eigenvalue weighted by Crippen LogP contribution is 2.30. The molecule has 0 saturated heterocycles. The molecule has 1 aliphatic rings. The molecule has 0 saturated carbocycles. The Bertz CT molecular complexity index is 610. The van der Waals surface area contributed by atoms with Crippen LogP contribution in [0.15, 0.2) is 42.5 Å². The third-order valence-electron chi connectivity index (χ3n) is 3.92. The van der Waals surface area contributed by atoms with Crippen molar-refractivity contribution in [2.24, 2.45) is 0 Å². The van der Waals surface area contributed by atoms with Crippen LogP contribution in [-0.4, -0.2) is 0 Å². The van der Waals surface area contributed by atoms with Crippen LogP contribution in [0, 0.1) is 0 Å². The zero-order valence-corrected chi connectivity index (χ0v) is 12.7. The highest BCUT2D eigenvalue weighted by Gasteiger charge is 2.19. The topological polar surface area (TPSA) is 12.0 Å². The van der Waals surface area contributed by atoms with Crippen LogP contribution in [0.4, 0.5) is 0 Å². The maximum Gasteiger partial charge on any atom is 0.0465 e. The maximum atomic E-state index is 6.22. The van der Waals surface area contributed by atoms with Crippen LogP contribution in [0.5, 0.6) is 0 Å². The van der Waals surface area contributed by atoms with Gasteiger partial charge in [0.05, 0.1) is 0 Å². The zero-order chi connectivity index (χ0) is 13.9. The second-order valence-corrected chi connectivity index (χ2v) is 6.10. The molecule has 1 atom stereocenters. The van der Waals surface area contributed by atoms with Gasteiger partial charge in [0, 0.05) is 22.6 Å². The average Bonchev–Trinajstić information content (AvgIpc) is 2.46. The van der Waals surface area contributed by atoms with E-state index in [0.717, 1.165) is 17.1 Å². The molecule has 1 nitrogen and oxygen atoms in total. The van der Waals surface area contributed by atoms with Gasteiger partial charge < -0.3 is 5.32 Å². The number of hydrogen-bond donors (Lipinski definition) is 1. The molecule has 0 spiro atoms. The predicted molar refractivity (Wildman–Crippen MR) is 85.4 cm³/mol. The quantitative estimate of drug-likeness (QED) is 0.826. The SMILES string of the molecule is Clc1ccc(CNC2CCCc3ccccc32)c(Cl)c1. The van der Waals surface area contributed by atoms with E-state index < -0.39 is 0 Å². The van der Waals surface area contributed by atoms with Crippen LogP contribution < -0.4 is 5.32 Å². The van der Waals surface area contributed by atoms with Crippen LogP contribution in [0.25, 0.3) is 0 Å². The van der Waals surface area contributed by atoms with E-state index in [1.54, 1.807) is 6.07 Å². The summed E-state index contributed by atoms with van der Waals surface area (Å²) in [6.45, 7) is 0.773. The first kappa shape index (κ1) is 13.9.